The van der Waals surface area contributed by atoms with Gasteiger partial charge in [0, 0.05) is 23.4 Å². The van der Waals surface area contributed by atoms with E-state index < -0.39 is 28.6 Å². The Balaban J connectivity index is 1.65. The molecule has 11 heteroatoms. The third-order valence-corrected chi connectivity index (χ3v) is 6.02. The fourth-order valence-corrected chi connectivity index (χ4v) is 3.81. The summed E-state index contributed by atoms with van der Waals surface area (Å²) >= 11 is 0. The van der Waals surface area contributed by atoms with Crippen LogP contribution in [-0.4, -0.2) is 34.1 Å². The number of nitrogens with zero attached hydrogens (tertiary/aromatic N) is 4. The average Bonchev–Trinajstić information content (AvgIpc) is 3.20. The van der Waals surface area contributed by atoms with Crippen molar-refractivity contribution in [1.82, 2.24) is 5.43 Å². The molecule has 0 saturated carbocycles. The summed E-state index contributed by atoms with van der Waals surface area (Å²) in [4.78, 5) is 49.8. The maximum absolute atomic E-state index is 13.4. The number of aryl methyl sites for hydroxylation is 2. The molecule has 0 aromatic heterocycles. The third-order valence-electron chi connectivity index (χ3n) is 6.02. The first kappa shape index (κ1) is 25.9. The summed E-state index contributed by atoms with van der Waals surface area (Å²) in [7, 11) is 0. The number of anilines is 2. The van der Waals surface area contributed by atoms with Crippen LogP contribution in [0, 0.1) is 29.9 Å². The van der Waals surface area contributed by atoms with E-state index in [2.05, 4.69) is 20.9 Å². The lowest BCUT2D eigenvalue weighted by Gasteiger charge is -2.16. The van der Waals surface area contributed by atoms with E-state index in [9.17, 15) is 24.5 Å². The number of rotatable bonds is 7. The fraction of sp³-hybridized carbons (Fsp3) is 0.148. The Morgan fingerprint density at radius 2 is 1.66 bits per heavy atom. The molecule has 2 N–H and O–H groups in total. The maximum atomic E-state index is 13.4. The van der Waals surface area contributed by atoms with Crippen LogP contribution in [0.3, 0.4) is 0 Å². The second-order valence-electron chi connectivity index (χ2n) is 8.66. The van der Waals surface area contributed by atoms with Gasteiger partial charge in [0.25, 0.3) is 23.4 Å². The number of carbonyl (C=O) groups is 3. The lowest BCUT2D eigenvalue weighted by atomic mass is 9.97. The molecule has 1 aliphatic heterocycles. The maximum Gasteiger partial charge on any atom is 0.273 e. The van der Waals surface area contributed by atoms with Crippen molar-refractivity contribution in [3.05, 3.63) is 99.6 Å². The predicted octanol–water partition coefficient (Wildman–Crippen LogP) is 3.98. The zero-order valence-corrected chi connectivity index (χ0v) is 20.8. The summed E-state index contributed by atoms with van der Waals surface area (Å²) < 4.78 is 0. The molecule has 3 amide bonds. The van der Waals surface area contributed by atoms with Gasteiger partial charge in [0.15, 0.2) is 0 Å². The molecular formula is C27H24N6O5. The number of benzene rings is 3. The number of nitro benzene ring substituents is 1. The highest BCUT2D eigenvalue weighted by Gasteiger charge is 2.41. The topological polar surface area (TPSA) is 146 Å². The number of carbonyl (C=O) groups excluding carboxylic acids is 3. The van der Waals surface area contributed by atoms with E-state index in [1.54, 1.807) is 49.4 Å². The zero-order chi connectivity index (χ0) is 27.4. The van der Waals surface area contributed by atoms with Crippen LogP contribution in [-0.2, 0) is 9.59 Å². The van der Waals surface area contributed by atoms with Crippen LogP contribution in [0.15, 0.2) is 83.0 Å². The Morgan fingerprint density at radius 3 is 2.29 bits per heavy atom. The number of para-hydroxylation sites is 1. The van der Waals surface area contributed by atoms with Crippen molar-refractivity contribution in [2.75, 3.05) is 10.3 Å². The highest BCUT2D eigenvalue weighted by atomic mass is 16.6. The summed E-state index contributed by atoms with van der Waals surface area (Å²) in [6.45, 7) is 5.44. The van der Waals surface area contributed by atoms with E-state index in [1.165, 1.54) is 29.3 Å². The van der Waals surface area contributed by atoms with Crippen molar-refractivity contribution in [2.24, 2.45) is 16.1 Å². The van der Waals surface area contributed by atoms with Gasteiger partial charge in [-0.15, -0.1) is 0 Å². The number of nitro groups is 1. The molecule has 38 heavy (non-hydrogen) atoms. The molecule has 0 spiro atoms. The lowest BCUT2D eigenvalue weighted by molar-refractivity contribution is -0.384. The molecule has 3 aromatic rings. The fourth-order valence-electron chi connectivity index (χ4n) is 3.81. The van der Waals surface area contributed by atoms with E-state index in [4.69, 9.17) is 0 Å². The number of hydrogen-bond acceptors (Lipinski definition) is 7. The van der Waals surface area contributed by atoms with Gasteiger partial charge in [-0.2, -0.15) is 15.2 Å². The summed E-state index contributed by atoms with van der Waals surface area (Å²) in [6.07, 6.45) is 0. The Morgan fingerprint density at radius 1 is 0.974 bits per heavy atom. The first-order valence-corrected chi connectivity index (χ1v) is 11.6. The highest BCUT2D eigenvalue weighted by Crippen LogP contribution is 2.25. The van der Waals surface area contributed by atoms with E-state index >= 15 is 0 Å². The molecule has 0 aliphatic carbocycles. The normalized spacial score (nSPS) is 15.2. The average molecular weight is 513 g/mol. The first-order valence-electron chi connectivity index (χ1n) is 11.6. The second kappa shape index (κ2) is 10.8. The van der Waals surface area contributed by atoms with Gasteiger partial charge in [-0.3, -0.25) is 24.5 Å². The number of non-ortho nitro benzene ring substituents is 1. The summed E-state index contributed by atoms with van der Waals surface area (Å²) in [5.74, 6) is -3.07. The van der Waals surface area contributed by atoms with Crippen molar-refractivity contribution >= 4 is 46.2 Å². The van der Waals surface area contributed by atoms with Crippen molar-refractivity contribution in [2.45, 2.75) is 20.8 Å². The summed E-state index contributed by atoms with van der Waals surface area (Å²) in [5.41, 5.74) is 5.27. The lowest BCUT2D eigenvalue weighted by Crippen LogP contribution is -2.40. The van der Waals surface area contributed by atoms with Gasteiger partial charge >= 0.3 is 0 Å². The second-order valence-corrected chi connectivity index (χ2v) is 8.66. The molecule has 192 valence electrons. The minimum atomic E-state index is -1.15. The SMILES string of the molecule is CC1=NN(c2ccccc2)C(=O)C1C(=NNC(=O)c1ccc([N+](=O)[O-])cc1)C(=O)Nc1ccc(C)c(C)c1. The molecule has 0 saturated heterocycles. The van der Waals surface area contributed by atoms with Gasteiger partial charge in [-0.1, -0.05) is 24.3 Å². The molecule has 0 fully saturated rings. The van der Waals surface area contributed by atoms with Gasteiger partial charge in [-0.05, 0) is 68.3 Å². The van der Waals surface area contributed by atoms with Crippen LogP contribution in [0.4, 0.5) is 17.1 Å². The Kier molecular flexibility index (Phi) is 7.38. The van der Waals surface area contributed by atoms with Gasteiger partial charge in [0.2, 0.25) is 0 Å². The molecule has 0 bridgehead atoms. The van der Waals surface area contributed by atoms with Crippen molar-refractivity contribution in [3.63, 3.8) is 0 Å². The molecule has 4 rings (SSSR count). The van der Waals surface area contributed by atoms with Crippen LogP contribution in [0.2, 0.25) is 0 Å². The van der Waals surface area contributed by atoms with Gasteiger partial charge in [0.1, 0.15) is 11.6 Å². The monoisotopic (exact) mass is 512 g/mol. The van der Waals surface area contributed by atoms with Gasteiger partial charge in [-0.25, -0.2) is 5.43 Å². The summed E-state index contributed by atoms with van der Waals surface area (Å²) in [6, 6.07) is 19.0. The molecule has 3 aromatic carbocycles. The predicted molar refractivity (Wildman–Crippen MR) is 143 cm³/mol. The van der Waals surface area contributed by atoms with Gasteiger partial charge in [0.05, 0.1) is 16.3 Å². The van der Waals surface area contributed by atoms with Gasteiger partial charge < -0.3 is 5.32 Å². The highest BCUT2D eigenvalue weighted by molar-refractivity contribution is 6.52. The molecule has 11 nitrogen and oxygen atoms in total. The molecule has 1 unspecified atom stereocenters. The standard InChI is InChI=1S/C27H24N6O5/c1-16-9-12-20(15-17(16)2)28-26(35)24(29-30-25(34)19-10-13-22(14-11-19)33(37)38)23-18(3)31-32(27(23)36)21-7-5-4-6-8-21/h4-15,23H,1-3H3,(H,28,35)(H,30,34). The Bertz CT molecular complexity index is 1480. The van der Waals surface area contributed by atoms with E-state index in [1.807, 2.05) is 19.9 Å². The number of amides is 3. The van der Waals surface area contributed by atoms with E-state index in [0.717, 1.165) is 11.1 Å². The zero-order valence-electron chi connectivity index (χ0n) is 20.8. The molecule has 1 aliphatic rings. The van der Waals surface area contributed by atoms with Crippen LogP contribution in [0.1, 0.15) is 28.4 Å². The molecule has 1 atom stereocenters. The minimum absolute atomic E-state index is 0.0855. The largest absolute Gasteiger partial charge is 0.321 e. The summed E-state index contributed by atoms with van der Waals surface area (Å²) in [5, 5.41) is 23.2. The quantitative estimate of drug-likeness (QED) is 0.279. The van der Waals surface area contributed by atoms with Crippen molar-refractivity contribution < 1.29 is 19.3 Å². The Hall–Kier alpha value is -5.19. The molecule has 0 radical (unpaired) electrons. The van der Waals surface area contributed by atoms with Crippen LogP contribution < -0.4 is 15.8 Å². The van der Waals surface area contributed by atoms with Crippen molar-refractivity contribution in [1.29, 1.82) is 0 Å². The number of hydrogen-bond donors (Lipinski definition) is 2. The van der Waals surface area contributed by atoms with Crippen LogP contribution >= 0.6 is 0 Å². The molecular weight excluding hydrogens is 488 g/mol. The van der Waals surface area contributed by atoms with E-state index in [0.29, 0.717) is 17.1 Å². The minimum Gasteiger partial charge on any atom is -0.321 e. The smallest absolute Gasteiger partial charge is 0.273 e. The van der Waals surface area contributed by atoms with Crippen molar-refractivity contribution in [3.8, 4) is 0 Å². The molecule has 1 heterocycles. The van der Waals surface area contributed by atoms with Crippen LogP contribution in [0.25, 0.3) is 0 Å². The number of nitrogens with one attached hydrogen (secondary N) is 2. The van der Waals surface area contributed by atoms with Crippen LogP contribution in [0.5, 0.6) is 0 Å². The van der Waals surface area contributed by atoms with E-state index in [-0.39, 0.29) is 17.0 Å². The number of hydrazone groups is 2. The third kappa shape index (κ3) is 5.46. The Labute approximate surface area is 218 Å². The first-order chi connectivity index (χ1) is 18.2.